The van der Waals surface area contributed by atoms with Crippen LogP contribution in [0.15, 0.2) is 42.9 Å². The van der Waals surface area contributed by atoms with Gasteiger partial charge in [-0.3, -0.25) is 0 Å². The van der Waals surface area contributed by atoms with Gasteiger partial charge in [-0.2, -0.15) is 11.8 Å². The van der Waals surface area contributed by atoms with Crippen molar-refractivity contribution >= 4 is 40.2 Å². The first-order valence-corrected chi connectivity index (χ1v) is 10.7. The molecule has 2 aromatic heterocycles. The Morgan fingerprint density at radius 1 is 1.25 bits per heavy atom. The quantitative estimate of drug-likeness (QED) is 0.564. The molecule has 0 amide bonds. The second kappa shape index (κ2) is 8.26. The number of nitrogens with zero attached hydrogens (tertiary/aromatic N) is 3. The van der Waals surface area contributed by atoms with Crippen LogP contribution in [0.25, 0.3) is 11.0 Å². The predicted molar refractivity (Wildman–Crippen MR) is 111 cm³/mol. The summed E-state index contributed by atoms with van der Waals surface area (Å²) in [4.78, 5) is 8.70. The van der Waals surface area contributed by atoms with E-state index in [4.69, 9.17) is 16.3 Å². The van der Waals surface area contributed by atoms with Gasteiger partial charge in [0.1, 0.15) is 30.0 Å². The molecule has 0 aliphatic carbocycles. The number of anilines is 1. The highest BCUT2D eigenvalue weighted by atomic mass is 35.5. The third-order valence-corrected chi connectivity index (χ3v) is 5.70. The summed E-state index contributed by atoms with van der Waals surface area (Å²) in [5, 5.41) is 25.5. The van der Waals surface area contributed by atoms with Crippen molar-refractivity contribution in [2.45, 2.75) is 31.1 Å². The van der Waals surface area contributed by atoms with Crippen molar-refractivity contribution in [3.05, 3.63) is 53.4 Å². The fourth-order valence-electron chi connectivity index (χ4n) is 3.41. The third-order valence-electron chi connectivity index (χ3n) is 4.80. The molecule has 1 aliphatic rings. The molecule has 148 valence electrons. The Morgan fingerprint density at radius 3 is 2.89 bits per heavy atom. The van der Waals surface area contributed by atoms with E-state index in [1.165, 1.54) is 6.33 Å². The van der Waals surface area contributed by atoms with Crippen LogP contribution in [0.5, 0.6) is 0 Å². The monoisotopic (exact) mass is 420 g/mol. The molecule has 1 aromatic carbocycles. The number of aromatic nitrogens is 3. The number of fused-ring (bicyclic) bond motifs is 1. The van der Waals surface area contributed by atoms with Gasteiger partial charge in [-0.05, 0) is 30.0 Å². The number of rotatable bonds is 6. The van der Waals surface area contributed by atoms with Crippen molar-refractivity contribution in [2.24, 2.45) is 0 Å². The lowest BCUT2D eigenvalue weighted by Gasteiger charge is -2.17. The van der Waals surface area contributed by atoms with Crippen LogP contribution in [-0.4, -0.2) is 55.1 Å². The maximum atomic E-state index is 10.5. The standard InChI is InChI=1S/C19H21ClN4O3S/c1-28-9-14-15(25)16(26)19(27-14)24-6-5-13-17(22-10-23-18(13)24)21-8-11-3-2-4-12(20)7-11/h2-7,10,14-16,19,25-26H,8-9H2,1H3,(H,21,22,23)/t14-,15-,16-,19-/m1/s1. The summed E-state index contributed by atoms with van der Waals surface area (Å²) in [6, 6.07) is 9.49. The van der Waals surface area contributed by atoms with E-state index in [2.05, 4.69) is 15.3 Å². The Hall–Kier alpha value is -1.84. The topological polar surface area (TPSA) is 92.4 Å². The number of aliphatic hydroxyl groups is 2. The molecule has 9 heteroatoms. The van der Waals surface area contributed by atoms with Gasteiger partial charge in [-0.15, -0.1) is 0 Å². The summed E-state index contributed by atoms with van der Waals surface area (Å²) in [5.41, 5.74) is 1.67. The molecule has 1 saturated heterocycles. The lowest BCUT2D eigenvalue weighted by molar-refractivity contribution is -0.0285. The molecule has 3 heterocycles. The highest BCUT2D eigenvalue weighted by Gasteiger charge is 2.43. The van der Waals surface area contributed by atoms with E-state index in [1.54, 1.807) is 22.5 Å². The number of benzene rings is 1. The first kappa shape index (κ1) is 19.5. The van der Waals surface area contributed by atoms with Gasteiger partial charge in [0.25, 0.3) is 0 Å². The normalized spacial score (nSPS) is 24.7. The average Bonchev–Trinajstić information content (AvgIpc) is 3.23. The second-order valence-corrected chi connectivity index (χ2v) is 8.01. The first-order valence-electron chi connectivity index (χ1n) is 8.89. The van der Waals surface area contributed by atoms with Gasteiger partial charge in [-0.25, -0.2) is 9.97 Å². The molecule has 3 N–H and O–H groups in total. The van der Waals surface area contributed by atoms with Crippen LogP contribution in [0.4, 0.5) is 5.82 Å². The number of thioether (sulfide) groups is 1. The summed E-state index contributed by atoms with van der Waals surface area (Å²) in [6.45, 7) is 0.564. The Labute approximate surface area is 171 Å². The van der Waals surface area contributed by atoms with Crippen LogP contribution in [0.2, 0.25) is 5.02 Å². The Kier molecular flexibility index (Phi) is 5.75. The van der Waals surface area contributed by atoms with Crippen LogP contribution in [-0.2, 0) is 11.3 Å². The molecule has 4 rings (SSSR count). The highest BCUT2D eigenvalue weighted by molar-refractivity contribution is 7.98. The van der Waals surface area contributed by atoms with E-state index >= 15 is 0 Å². The first-order chi connectivity index (χ1) is 13.6. The molecule has 0 unspecified atom stereocenters. The van der Waals surface area contributed by atoms with Crippen LogP contribution in [0.3, 0.4) is 0 Å². The molecule has 28 heavy (non-hydrogen) atoms. The fraction of sp³-hybridized carbons (Fsp3) is 0.368. The van der Waals surface area contributed by atoms with Gasteiger partial charge in [-0.1, -0.05) is 23.7 Å². The Balaban J connectivity index is 1.58. The molecule has 0 radical (unpaired) electrons. The van der Waals surface area contributed by atoms with Crippen LogP contribution in [0.1, 0.15) is 11.8 Å². The Bertz CT molecular complexity index is 969. The van der Waals surface area contributed by atoms with Crippen molar-refractivity contribution in [1.82, 2.24) is 14.5 Å². The van der Waals surface area contributed by atoms with E-state index in [9.17, 15) is 10.2 Å². The maximum absolute atomic E-state index is 10.5. The summed E-state index contributed by atoms with van der Waals surface area (Å²) in [6.07, 6.45) is 2.13. The lowest BCUT2D eigenvalue weighted by Crippen LogP contribution is -2.32. The zero-order valence-electron chi connectivity index (χ0n) is 15.2. The molecule has 0 spiro atoms. The van der Waals surface area contributed by atoms with Gasteiger partial charge in [0.2, 0.25) is 0 Å². The summed E-state index contributed by atoms with van der Waals surface area (Å²) >= 11 is 7.61. The number of hydrogen-bond acceptors (Lipinski definition) is 7. The van der Waals surface area contributed by atoms with Gasteiger partial charge in [0, 0.05) is 23.5 Å². The zero-order valence-corrected chi connectivity index (χ0v) is 16.8. The van der Waals surface area contributed by atoms with E-state index in [1.807, 2.05) is 36.6 Å². The highest BCUT2D eigenvalue weighted by Crippen LogP contribution is 2.34. The van der Waals surface area contributed by atoms with Crippen molar-refractivity contribution in [3.8, 4) is 0 Å². The largest absolute Gasteiger partial charge is 0.387 e. The number of aliphatic hydroxyl groups excluding tert-OH is 2. The van der Waals surface area contributed by atoms with Gasteiger partial charge >= 0.3 is 0 Å². The number of halogens is 1. The maximum Gasteiger partial charge on any atom is 0.164 e. The fourth-order valence-corrected chi connectivity index (χ4v) is 4.23. The minimum atomic E-state index is -1.02. The van der Waals surface area contributed by atoms with Crippen LogP contribution in [0, 0.1) is 0 Å². The van der Waals surface area contributed by atoms with Gasteiger partial charge < -0.3 is 24.8 Å². The molecule has 1 fully saturated rings. The minimum Gasteiger partial charge on any atom is -0.387 e. The van der Waals surface area contributed by atoms with Crippen molar-refractivity contribution in [3.63, 3.8) is 0 Å². The lowest BCUT2D eigenvalue weighted by atomic mass is 10.1. The summed E-state index contributed by atoms with van der Waals surface area (Å²) < 4.78 is 7.65. The van der Waals surface area contributed by atoms with Crippen molar-refractivity contribution < 1.29 is 14.9 Å². The SMILES string of the molecule is CSC[C@H]1O[C@@H](n2ccc3c(NCc4cccc(Cl)c4)ncnc32)[C@H](O)[C@@H]1O. The summed E-state index contributed by atoms with van der Waals surface area (Å²) in [7, 11) is 0. The molecule has 4 atom stereocenters. The number of nitrogens with one attached hydrogen (secondary N) is 1. The predicted octanol–water partition coefficient (Wildman–Crippen LogP) is 2.68. The van der Waals surface area contributed by atoms with Crippen LogP contribution < -0.4 is 5.32 Å². The average molecular weight is 421 g/mol. The molecule has 1 aliphatic heterocycles. The van der Waals surface area contributed by atoms with Crippen LogP contribution >= 0.6 is 23.4 Å². The van der Waals surface area contributed by atoms with Crippen molar-refractivity contribution in [2.75, 3.05) is 17.3 Å². The Morgan fingerprint density at radius 2 is 2.11 bits per heavy atom. The molecular formula is C19H21ClN4O3S. The smallest absolute Gasteiger partial charge is 0.164 e. The van der Waals surface area contributed by atoms with E-state index in [0.29, 0.717) is 28.8 Å². The molecule has 3 aromatic rings. The number of ether oxygens (including phenoxy) is 1. The minimum absolute atomic E-state index is 0.422. The van der Waals surface area contributed by atoms with E-state index in [-0.39, 0.29) is 0 Å². The molecular weight excluding hydrogens is 400 g/mol. The van der Waals surface area contributed by atoms with Gasteiger partial charge in [0.05, 0.1) is 11.5 Å². The van der Waals surface area contributed by atoms with E-state index < -0.39 is 24.5 Å². The zero-order chi connectivity index (χ0) is 19.7. The molecule has 0 saturated carbocycles. The number of hydrogen-bond donors (Lipinski definition) is 3. The van der Waals surface area contributed by atoms with E-state index in [0.717, 1.165) is 10.9 Å². The summed E-state index contributed by atoms with van der Waals surface area (Å²) in [5.74, 6) is 1.28. The van der Waals surface area contributed by atoms with Crippen molar-refractivity contribution in [1.29, 1.82) is 0 Å². The van der Waals surface area contributed by atoms with Gasteiger partial charge in [0.15, 0.2) is 6.23 Å². The third kappa shape index (κ3) is 3.70. The second-order valence-electron chi connectivity index (χ2n) is 6.67. The molecule has 7 nitrogen and oxygen atoms in total. The molecule has 0 bridgehead atoms.